The van der Waals surface area contributed by atoms with Crippen LogP contribution in [0.2, 0.25) is 0 Å². The molecule has 0 bridgehead atoms. The normalized spacial score (nSPS) is 10.9. The minimum Gasteiger partial charge on any atom is -0.497 e. The van der Waals surface area contributed by atoms with E-state index in [2.05, 4.69) is 5.32 Å². The fourth-order valence-corrected chi connectivity index (χ4v) is 3.49. The molecule has 146 valence electrons. The van der Waals surface area contributed by atoms with Gasteiger partial charge in [0.2, 0.25) is 10.0 Å². The number of nitrogens with one attached hydrogen (secondary N) is 1. The third-order valence-corrected chi connectivity index (χ3v) is 5.07. The second-order valence-electron chi connectivity index (χ2n) is 5.76. The van der Waals surface area contributed by atoms with Gasteiger partial charge in [0.15, 0.2) is 0 Å². The van der Waals surface area contributed by atoms with Crippen molar-refractivity contribution < 1.29 is 22.7 Å². The molecule has 7 nitrogen and oxygen atoms in total. The van der Waals surface area contributed by atoms with Gasteiger partial charge in [-0.25, -0.2) is 8.42 Å². The number of carbonyl (C=O) groups is 1. The van der Waals surface area contributed by atoms with Gasteiger partial charge in [-0.3, -0.25) is 9.10 Å². The Morgan fingerprint density at radius 3 is 2.37 bits per heavy atom. The molecule has 0 spiro atoms. The Kier molecular flexibility index (Phi) is 7.06. The number of anilines is 1. The second-order valence-corrected chi connectivity index (χ2v) is 7.66. The molecular weight excluding hydrogens is 368 g/mol. The fraction of sp³-hybridized carbons (Fsp3) is 0.316. The van der Waals surface area contributed by atoms with Gasteiger partial charge in [0, 0.05) is 18.2 Å². The zero-order valence-corrected chi connectivity index (χ0v) is 16.5. The molecule has 0 unspecified atom stereocenters. The first-order valence-corrected chi connectivity index (χ1v) is 10.3. The Bertz CT molecular complexity index is 866. The lowest BCUT2D eigenvalue weighted by molar-refractivity contribution is 0.0947. The van der Waals surface area contributed by atoms with Crippen molar-refractivity contribution in [1.29, 1.82) is 0 Å². The number of rotatable bonds is 9. The van der Waals surface area contributed by atoms with Gasteiger partial charge in [0.05, 0.1) is 25.6 Å². The van der Waals surface area contributed by atoms with Gasteiger partial charge < -0.3 is 14.8 Å². The number of sulfonamides is 1. The van der Waals surface area contributed by atoms with Crippen molar-refractivity contribution in [3.63, 3.8) is 0 Å². The summed E-state index contributed by atoms with van der Waals surface area (Å²) in [6.07, 6.45) is 1.15. The average molecular weight is 392 g/mol. The predicted octanol–water partition coefficient (Wildman–Crippen LogP) is 2.29. The number of hydrogen-bond donors (Lipinski definition) is 1. The zero-order chi connectivity index (χ0) is 19.9. The maximum atomic E-state index is 12.2. The molecule has 0 aromatic heterocycles. The van der Waals surface area contributed by atoms with Crippen LogP contribution in [0.1, 0.15) is 17.3 Å². The van der Waals surface area contributed by atoms with Crippen molar-refractivity contribution >= 4 is 21.6 Å². The summed E-state index contributed by atoms with van der Waals surface area (Å²) in [6, 6.07) is 13.7. The number of amides is 1. The summed E-state index contributed by atoms with van der Waals surface area (Å²) >= 11 is 0. The van der Waals surface area contributed by atoms with E-state index in [1.165, 1.54) is 4.31 Å². The smallest absolute Gasteiger partial charge is 0.251 e. The highest BCUT2D eigenvalue weighted by Crippen LogP contribution is 2.19. The van der Waals surface area contributed by atoms with Gasteiger partial charge in [0.25, 0.3) is 5.91 Å². The molecule has 0 aliphatic rings. The summed E-state index contributed by atoms with van der Waals surface area (Å²) in [6.45, 7) is 2.73. The molecule has 0 radical (unpaired) electrons. The number of benzene rings is 2. The van der Waals surface area contributed by atoms with Crippen LogP contribution in [-0.4, -0.2) is 47.4 Å². The molecule has 2 aromatic carbocycles. The minimum atomic E-state index is -3.34. The van der Waals surface area contributed by atoms with Gasteiger partial charge in [-0.15, -0.1) is 0 Å². The third kappa shape index (κ3) is 5.89. The highest BCUT2D eigenvalue weighted by molar-refractivity contribution is 7.92. The van der Waals surface area contributed by atoms with Crippen LogP contribution in [0.25, 0.3) is 0 Å². The summed E-state index contributed by atoms with van der Waals surface area (Å²) in [4.78, 5) is 12.2. The number of ether oxygens (including phenoxy) is 2. The molecule has 0 saturated carbocycles. The molecule has 0 saturated heterocycles. The van der Waals surface area contributed by atoms with E-state index in [1.807, 2.05) is 18.2 Å². The Balaban J connectivity index is 1.87. The lowest BCUT2D eigenvalue weighted by Gasteiger charge is -2.20. The first kappa shape index (κ1) is 20.6. The van der Waals surface area contributed by atoms with Gasteiger partial charge in [0.1, 0.15) is 18.1 Å². The van der Waals surface area contributed by atoms with Gasteiger partial charge in [-0.1, -0.05) is 6.07 Å². The summed E-state index contributed by atoms with van der Waals surface area (Å²) in [5, 5.41) is 2.76. The van der Waals surface area contributed by atoms with E-state index in [4.69, 9.17) is 9.47 Å². The topological polar surface area (TPSA) is 84.9 Å². The highest BCUT2D eigenvalue weighted by Gasteiger charge is 2.15. The van der Waals surface area contributed by atoms with Crippen LogP contribution in [0, 0.1) is 0 Å². The van der Waals surface area contributed by atoms with Crippen molar-refractivity contribution in [2.24, 2.45) is 0 Å². The number of hydrogen-bond acceptors (Lipinski definition) is 5. The fourth-order valence-electron chi connectivity index (χ4n) is 2.51. The van der Waals surface area contributed by atoms with Crippen LogP contribution in [0.15, 0.2) is 48.5 Å². The van der Waals surface area contributed by atoms with Crippen molar-refractivity contribution in [3.05, 3.63) is 54.1 Å². The van der Waals surface area contributed by atoms with E-state index < -0.39 is 10.0 Å². The molecule has 2 rings (SSSR count). The van der Waals surface area contributed by atoms with E-state index in [0.29, 0.717) is 42.4 Å². The SMILES string of the molecule is CCN(c1ccc(C(=O)NCCOc2cccc(OC)c2)cc1)S(C)(=O)=O. The van der Waals surface area contributed by atoms with Crippen molar-refractivity contribution in [1.82, 2.24) is 5.32 Å². The second kappa shape index (κ2) is 9.27. The Hall–Kier alpha value is -2.74. The first-order chi connectivity index (χ1) is 12.8. The highest BCUT2D eigenvalue weighted by atomic mass is 32.2. The van der Waals surface area contributed by atoms with Crippen LogP contribution >= 0.6 is 0 Å². The quantitative estimate of drug-likeness (QED) is 0.662. The van der Waals surface area contributed by atoms with E-state index in [-0.39, 0.29) is 5.91 Å². The Morgan fingerprint density at radius 2 is 1.78 bits per heavy atom. The molecule has 2 aromatic rings. The van der Waals surface area contributed by atoms with Crippen molar-refractivity contribution in [2.45, 2.75) is 6.92 Å². The van der Waals surface area contributed by atoms with Gasteiger partial charge >= 0.3 is 0 Å². The van der Waals surface area contributed by atoms with Crippen molar-refractivity contribution in [3.8, 4) is 11.5 Å². The van der Waals surface area contributed by atoms with E-state index in [1.54, 1.807) is 44.4 Å². The molecule has 0 fully saturated rings. The van der Waals surface area contributed by atoms with Crippen LogP contribution in [0.4, 0.5) is 5.69 Å². The lowest BCUT2D eigenvalue weighted by atomic mass is 10.2. The minimum absolute atomic E-state index is 0.252. The molecule has 8 heteroatoms. The summed E-state index contributed by atoms with van der Waals surface area (Å²) in [5.74, 6) is 1.11. The van der Waals surface area contributed by atoms with E-state index in [0.717, 1.165) is 6.26 Å². The number of carbonyl (C=O) groups excluding carboxylic acids is 1. The van der Waals surface area contributed by atoms with Crippen LogP contribution in [0.5, 0.6) is 11.5 Å². The zero-order valence-electron chi connectivity index (χ0n) is 15.6. The molecule has 0 aliphatic carbocycles. The molecule has 1 amide bonds. The van der Waals surface area contributed by atoms with Crippen LogP contribution < -0.4 is 19.1 Å². The maximum Gasteiger partial charge on any atom is 0.251 e. The van der Waals surface area contributed by atoms with E-state index in [9.17, 15) is 13.2 Å². The van der Waals surface area contributed by atoms with Gasteiger partial charge in [-0.05, 0) is 43.3 Å². The Morgan fingerprint density at radius 1 is 1.11 bits per heavy atom. The van der Waals surface area contributed by atoms with Crippen molar-refractivity contribution in [2.75, 3.05) is 37.4 Å². The molecule has 0 heterocycles. The maximum absolute atomic E-state index is 12.2. The van der Waals surface area contributed by atoms with E-state index >= 15 is 0 Å². The number of nitrogens with zero attached hydrogens (tertiary/aromatic N) is 1. The molecule has 0 atom stereocenters. The standard InChI is InChI=1S/C19H24N2O5S/c1-4-21(27(3,23)24)16-10-8-15(9-11-16)19(22)20-12-13-26-18-7-5-6-17(14-18)25-2/h5-11,14H,4,12-13H2,1-3H3,(H,20,22). The van der Waals surface area contributed by atoms with Gasteiger partial charge in [-0.2, -0.15) is 0 Å². The average Bonchev–Trinajstić information content (AvgIpc) is 2.65. The largest absolute Gasteiger partial charge is 0.497 e. The Labute approximate surface area is 160 Å². The first-order valence-electron chi connectivity index (χ1n) is 8.48. The predicted molar refractivity (Wildman–Crippen MR) is 105 cm³/mol. The summed E-state index contributed by atoms with van der Waals surface area (Å²) in [7, 11) is -1.76. The lowest BCUT2D eigenvalue weighted by Crippen LogP contribution is -2.30. The molecule has 0 aliphatic heterocycles. The molecule has 27 heavy (non-hydrogen) atoms. The monoisotopic (exact) mass is 392 g/mol. The molecule has 1 N–H and O–H groups in total. The summed E-state index contributed by atoms with van der Waals surface area (Å²) in [5.41, 5.74) is 0.975. The number of methoxy groups -OCH3 is 1. The summed E-state index contributed by atoms with van der Waals surface area (Å²) < 4.78 is 35.4. The third-order valence-electron chi connectivity index (χ3n) is 3.80. The molecular formula is C19H24N2O5S. The van der Waals surface area contributed by atoms with Crippen LogP contribution in [0.3, 0.4) is 0 Å². The van der Waals surface area contributed by atoms with Crippen LogP contribution in [-0.2, 0) is 10.0 Å².